The molecular formula is C16H16FIN2O. The van der Waals surface area contributed by atoms with Gasteiger partial charge in [0.25, 0.3) is 0 Å². The molecule has 1 heterocycles. The summed E-state index contributed by atoms with van der Waals surface area (Å²) in [5.41, 5.74) is 0.243. The van der Waals surface area contributed by atoms with Gasteiger partial charge < -0.3 is 9.30 Å². The third kappa shape index (κ3) is 2.30. The summed E-state index contributed by atoms with van der Waals surface area (Å²) < 4.78 is 22.6. The molecule has 3 saturated carbocycles. The molecule has 0 radical (unpaired) electrons. The van der Waals surface area contributed by atoms with E-state index in [0.29, 0.717) is 32.5 Å². The number of hydrogen-bond acceptors (Lipinski definition) is 2. The molecule has 0 saturated heterocycles. The number of benzene rings is 1. The maximum atomic E-state index is 13.7. The van der Waals surface area contributed by atoms with Crippen molar-refractivity contribution in [2.75, 3.05) is 0 Å². The van der Waals surface area contributed by atoms with Gasteiger partial charge in [-0.1, -0.05) is 30.3 Å². The summed E-state index contributed by atoms with van der Waals surface area (Å²) in [5, 5.41) is 0. The minimum absolute atomic E-state index is 0.0173. The lowest BCUT2D eigenvalue weighted by Gasteiger charge is -2.66. The van der Waals surface area contributed by atoms with Gasteiger partial charge in [0.1, 0.15) is 21.8 Å². The monoisotopic (exact) mass is 398 g/mol. The smallest absolute Gasteiger partial charge is 0.136 e. The fraction of sp³-hybridized carbons (Fsp3) is 0.438. The van der Waals surface area contributed by atoms with Crippen LogP contribution in [0.3, 0.4) is 0 Å². The van der Waals surface area contributed by atoms with Crippen molar-refractivity contribution in [3.8, 4) is 0 Å². The third-order valence-electron chi connectivity index (χ3n) is 4.54. The number of ether oxygens (including phenoxy) is 1. The molecule has 0 spiro atoms. The van der Waals surface area contributed by atoms with E-state index >= 15 is 0 Å². The van der Waals surface area contributed by atoms with Crippen LogP contribution in [0, 0.1) is 3.70 Å². The normalized spacial score (nSPS) is 29.8. The lowest BCUT2D eigenvalue weighted by molar-refractivity contribution is -0.200. The first-order valence-electron chi connectivity index (χ1n) is 7.14. The Morgan fingerprint density at radius 1 is 1.19 bits per heavy atom. The van der Waals surface area contributed by atoms with Crippen molar-refractivity contribution >= 4 is 22.6 Å². The van der Waals surface area contributed by atoms with Crippen molar-refractivity contribution in [2.24, 2.45) is 0 Å². The average Bonchev–Trinajstić information content (AvgIpc) is 2.76. The second-order valence-electron chi connectivity index (χ2n) is 6.23. The molecule has 0 aliphatic heterocycles. The van der Waals surface area contributed by atoms with Crippen molar-refractivity contribution in [1.82, 2.24) is 9.55 Å². The zero-order valence-corrected chi connectivity index (χ0v) is 13.7. The maximum absolute atomic E-state index is 13.7. The fourth-order valence-corrected chi connectivity index (χ4v) is 4.16. The van der Waals surface area contributed by atoms with Gasteiger partial charge in [0.05, 0.1) is 12.1 Å². The second kappa shape index (κ2) is 4.78. The predicted molar refractivity (Wildman–Crippen MR) is 85.5 cm³/mol. The van der Waals surface area contributed by atoms with Gasteiger partial charge in [0.15, 0.2) is 0 Å². The van der Waals surface area contributed by atoms with Gasteiger partial charge in [-0.2, -0.15) is 0 Å². The highest BCUT2D eigenvalue weighted by atomic mass is 127. The third-order valence-corrected chi connectivity index (χ3v) is 5.06. The van der Waals surface area contributed by atoms with Gasteiger partial charge in [-0.3, -0.25) is 0 Å². The quantitative estimate of drug-likeness (QED) is 0.717. The predicted octanol–water partition coefficient (Wildman–Crippen LogP) is 3.81. The molecular weight excluding hydrogens is 382 g/mol. The Labute approximate surface area is 136 Å². The summed E-state index contributed by atoms with van der Waals surface area (Å²) in [6.07, 6.45) is 3.94. The molecule has 2 bridgehead atoms. The minimum atomic E-state index is -0.891. The van der Waals surface area contributed by atoms with E-state index in [2.05, 4.69) is 32.1 Å². The molecule has 5 rings (SSSR count). The molecule has 1 aromatic carbocycles. The molecule has 3 aliphatic carbocycles. The lowest BCUT2D eigenvalue weighted by atomic mass is 9.47. The van der Waals surface area contributed by atoms with Crippen LogP contribution in [0.4, 0.5) is 4.39 Å². The number of imidazole rings is 1. The van der Waals surface area contributed by atoms with Gasteiger partial charge in [-0.05, 0) is 28.2 Å². The zero-order chi connectivity index (χ0) is 14.5. The van der Waals surface area contributed by atoms with Crippen LogP contribution in [0.1, 0.15) is 30.7 Å². The Kier molecular flexibility index (Phi) is 3.11. The van der Waals surface area contributed by atoms with E-state index < -0.39 is 5.67 Å². The molecule has 3 nitrogen and oxygen atoms in total. The van der Waals surface area contributed by atoms with Gasteiger partial charge in [-0.15, -0.1) is 0 Å². The molecule has 110 valence electrons. The number of rotatable bonds is 5. The molecule has 0 N–H and O–H groups in total. The minimum Gasteiger partial charge on any atom is -0.369 e. The molecule has 0 amide bonds. The maximum Gasteiger partial charge on any atom is 0.136 e. The molecule has 2 aromatic rings. The molecule has 21 heavy (non-hydrogen) atoms. The van der Waals surface area contributed by atoms with Crippen molar-refractivity contribution in [3.63, 3.8) is 0 Å². The van der Waals surface area contributed by atoms with Crippen molar-refractivity contribution in [1.29, 1.82) is 0 Å². The topological polar surface area (TPSA) is 27.1 Å². The van der Waals surface area contributed by atoms with E-state index in [0.717, 1.165) is 15.1 Å². The summed E-state index contributed by atoms with van der Waals surface area (Å²) in [7, 11) is 0. The van der Waals surface area contributed by atoms with Crippen LogP contribution in [0.2, 0.25) is 0 Å². The van der Waals surface area contributed by atoms with Gasteiger partial charge in [0, 0.05) is 25.5 Å². The summed E-state index contributed by atoms with van der Waals surface area (Å²) >= 11 is 2.21. The van der Waals surface area contributed by atoms with Crippen LogP contribution in [0.25, 0.3) is 0 Å². The van der Waals surface area contributed by atoms with Gasteiger partial charge >= 0.3 is 0 Å². The number of alkyl halides is 1. The fourth-order valence-electron chi connectivity index (χ4n) is 3.60. The van der Waals surface area contributed by atoms with Crippen molar-refractivity contribution in [2.45, 2.75) is 43.7 Å². The summed E-state index contributed by atoms with van der Waals surface area (Å²) in [6, 6.07) is 10.1. The van der Waals surface area contributed by atoms with E-state index in [1.807, 2.05) is 36.5 Å². The highest BCUT2D eigenvalue weighted by Crippen LogP contribution is 2.67. The average molecular weight is 398 g/mol. The van der Waals surface area contributed by atoms with Crippen LogP contribution in [0.5, 0.6) is 0 Å². The van der Waals surface area contributed by atoms with Gasteiger partial charge in [0.2, 0.25) is 0 Å². The van der Waals surface area contributed by atoms with Crippen LogP contribution in [0.15, 0.2) is 36.5 Å². The standard InChI is InChI=1S/C16H16FIN2O/c17-15-9-16(10-15,11-15)20-6-13(18)19-14(20)8-21-7-12-4-2-1-3-5-12/h1-6H,7-11H2. The zero-order valence-electron chi connectivity index (χ0n) is 11.6. The summed E-state index contributed by atoms with van der Waals surface area (Å²) in [5.74, 6) is 0.914. The second-order valence-corrected chi connectivity index (χ2v) is 7.34. The molecule has 3 aliphatic rings. The molecule has 0 atom stereocenters. The van der Waals surface area contributed by atoms with E-state index in [1.54, 1.807) is 0 Å². The molecule has 0 unspecified atom stereocenters. The first kappa shape index (κ1) is 13.7. The van der Waals surface area contributed by atoms with E-state index in [1.165, 1.54) is 0 Å². The van der Waals surface area contributed by atoms with E-state index in [9.17, 15) is 4.39 Å². The number of hydrogen-bond donors (Lipinski definition) is 0. The Hall–Kier alpha value is -0.950. The van der Waals surface area contributed by atoms with E-state index in [4.69, 9.17) is 4.74 Å². The van der Waals surface area contributed by atoms with Gasteiger partial charge in [-0.25, -0.2) is 9.37 Å². The van der Waals surface area contributed by atoms with Crippen LogP contribution < -0.4 is 0 Å². The number of halogens is 2. The lowest BCUT2D eigenvalue weighted by Crippen LogP contribution is -2.70. The van der Waals surface area contributed by atoms with Crippen LogP contribution in [-0.2, 0) is 23.5 Å². The Bertz CT molecular complexity index is 650. The first-order valence-corrected chi connectivity index (χ1v) is 8.21. The Morgan fingerprint density at radius 3 is 2.57 bits per heavy atom. The Morgan fingerprint density at radius 2 is 1.90 bits per heavy atom. The highest BCUT2D eigenvalue weighted by Gasteiger charge is 2.70. The first-order chi connectivity index (χ1) is 10.1. The SMILES string of the molecule is FC12CC(n3cc(I)nc3COCc3ccccc3)(C1)C2. The number of aromatic nitrogens is 2. The number of nitrogens with zero attached hydrogens (tertiary/aromatic N) is 2. The van der Waals surface area contributed by atoms with Crippen molar-refractivity contribution in [3.05, 3.63) is 51.6 Å². The summed E-state index contributed by atoms with van der Waals surface area (Å²) in [6.45, 7) is 1.04. The molecule has 5 heteroatoms. The molecule has 3 fully saturated rings. The molecule has 1 aromatic heterocycles. The van der Waals surface area contributed by atoms with Crippen LogP contribution in [-0.4, -0.2) is 15.2 Å². The Balaban J connectivity index is 1.44. The summed E-state index contributed by atoms with van der Waals surface area (Å²) in [4.78, 5) is 4.54. The van der Waals surface area contributed by atoms with Crippen molar-refractivity contribution < 1.29 is 9.13 Å². The highest BCUT2D eigenvalue weighted by molar-refractivity contribution is 14.1. The van der Waals surface area contributed by atoms with E-state index in [-0.39, 0.29) is 5.54 Å². The van der Waals surface area contributed by atoms with Crippen LogP contribution >= 0.6 is 22.6 Å². The largest absolute Gasteiger partial charge is 0.369 e.